The molecule has 0 aliphatic carbocycles. The molecule has 20 aliphatic rings. The third-order valence-electron chi connectivity index (χ3n) is 34.5. The Balaban J connectivity index is 0.00000107. The van der Waals surface area contributed by atoms with Crippen LogP contribution in [0.2, 0.25) is 73.0 Å². The molecule has 10 atom stereocenters. The Kier molecular flexibility index (Phi) is 1.15. The van der Waals surface area contributed by atoms with Gasteiger partial charge in [-0.25, -0.2) is 0 Å². The van der Waals surface area contributed by atoms with Crippen molar-refractivity contribution in [2.24, 2.45) is 0 Å². The van der Waals surface area contributed by atoms with Crippen LogP contribution in [0.3, 0.4) is 0 Å². The topological polar surface area (TPSA) is 0 Å². The van der Waals surface area contributed by atoms with E-state index in [-0.39, 0.29) is 24.8 Å². The molecule has 4 aromatic rings. The van der Waals surface area contributed by atoms with Gasteiger partial charge in [-0.05, 0) is 0 Å². The molecule has 49 heavy (non-hydrogen) atoms. The van der Waals surface area contributed by atoms with Crippen LogP contribution in [-0.2, 0) is 48.3 Å². The van der Waals surface area contributed by atoms with E-state index >= 15 is 0 Å². The Morgan fingerprint density at radius 2 is 0.612 bits per heavy atom. The second kappa shape index (κ2) is 2.51. The van der Waals surface area contributed by atoms with Gasteiger partial charge in [-0.15, -0.1) is 24.8 Å². The quantitative estimate of drug-likeness (QED) is 0.170. The Morgan fingerprint density at radius 1 is 0.347 bits per heavy atom. The molecule has 252 valence electrons. The molecule has 20 fully saturated rings. The van der Waals surface area contributed by atoms with Gasteiger partial charge in [0.25, 0.3) is 0 Å². The van der Waals surface area contributed by atoms with Gasteiger partial charge in [-0.2, -0.15) is 0 Å². The fraction of sp³-hybridized carbons (Fsp3) is 0.455. The van der Waals surface area contributed by atoms with E-state index in [0.29, 0.717) is 17.3 Å². The number of rotatable bonds is 6. The first kappa shape index (κ1) is 22.4. The molecule has 20 saturated heterocycles. The van der Waals surface area contributed by atoms with E-state index < -0.39 is 13.0 Å². The fourth-order valence-electron chi connectivity index (χ4n) is 39.6. The van der Waals surface area contributed by atoms with Crippen molar-refractivity contribution in [2.75, 3.05) is 0 Å². The van der Waals surface area contributed by atoms with Crippen LogP contribution in [0.5, 0.6) is 0 Å². The van der Waals surface area contributed by atoms with Gasteiger partial charge in [0.1, 0.15) is 0 Å². The van der Waals surface area contributed by atoms with Gasteiger partial charge in [0, 0.05) is 0 Å². The van der Waals surface area contributed by atoms with E-state index in [1.807, 2.05) is 22.3 Å². The summed E-state index contributed by atoms with van der Waals surface area (Å²) in [5.41, 5.74) is 7.75. The maximum absolute atomic E-state index is 4.09. The second-order valence-corrected chi connectivity index (χ2v) is 74.8. The normalized spacial score (nSPS) is 92.1. The predicted molar refractivity (Wildman–Crippen MR) is 185 cm³/mol. The minimum absolute atomic E-state index is 0. The van der Waals surface area contributed by atoms with E-state index in [1.165, 1.54) is 67.4 Å². The van der Waals surface area contributed by atoms with E-state index in [2.05, 4.69) is 121 Å². The summed E-state index contributed by atoms with van der Waals surface area (Å²) in [6, 6.07) is 51.2. The zero-order valence-corrected chi connectivity index (χ0v) is 31.9. The molecule has 4 aromatic carbocycles. The van der Waals surface area contributed by atoms with Crippen molar-refractivity contribution in [1.29, 1.82) is 0 Å². The van der Waals surface area contributed by atoms with Crippen molar-refractivity contribution in [3.05, 3.63) is 144 Å². The number of hydrogen-bond donors (Lipinski definition) is 0. The zero-order chi connectivity index (χ0) is 28.9. The van der Waals surface area contributed by atoms with Crippen LogP contribution in [0.4, 0.5) is 0 Å². The number of benzene rings is 4. The van der Waals surface area contributed by atoms with Gasteiger partial charge in [-0.1, -0.05) is 0 Å². The van der Waals surface area contributed by atoms with Gasteiger partial charge in [0.2, 0.25) is 0 Å². The van der Waals surface area contributed by atoms with E-state index in [4.69, 9.17) is 0 Å². The standard InChI is InChI=1S/2C17H12.2C5H5.2ClH.2Fe.Pd/c2*1-3-8-14(9-4-1)16-12-7-13-17(16)15-10-5-2-6-11-15;2*1-2-4-5-3-1;;;;;/h2*1-12H;2*1-5H;2*1H;;;. The van der Waals surface area contributed by atoms with E-state index in [0.717, 1.165) is 23.6 Å². The van der Waals surface area contributed by atoms with Crippen LogP contribution in [0.25, 0.3) is 0 Å². The van der Waals surface area contributed by atoms with Crippen LogP contribution >= 0.6 is 24.8 Å². The summed E-state index contributed by atoms with van der Waals surface area (Å²) in [7, 11) is 0. The average molecular weight is 854 g/mol. The number of halogens is 2. The summed E-state index contributed by atoms with van der Waals surface area (Å²) in [4.78, 5) is 18.3. The Labute approximate surface area is 286 Å². The van der Waals surface area contributed by atoms with Gasteiger partial charge >= 0.3 is 265 Å². The molecule has 2 spiro atoms. The van der Waals surface area contributed by atoms with Crippen LogP contribution in [0.1, 0.15) is 22.3 Å². The van der Waals surface area contributed by atoms with Crippen LogP contribution in [-0.4, -0.2) is 0 Å². The molecule has 0 radical (unpaired) electrons. The van der Waals surface area contributed by atoms with Crippen LogP contribution in [0.15, 0.2) is 121 Å². The molecule has 0 bridgehead atoms. The van der Waals surface area contributed by atoms with Gasteiger partial charge in [0.05, 0.1) is 0 Å². The van der Waals surface area contributed by atoms with E-state index in [9.17, 15) is 0 Å². The third kappa shape index (κ3) is 0.326. The summed E-state index contributed by atoms with van der Waals surface area (Å²) in [6.45, 7) is -8.17. The minimum atomic E-state index is -4.09. The fourth-order valence-corrected chi connectivity index (χ4v) is 228. The first-order chi connectivity index (χ1) is 22.8. The van der Waals surface area contributed by atoms with Crippen molar-refractivity contribution in [3.63, 3.8) is 0 Å². The van der Waals surface area contributed by atoms with Gasteiger partial charge in [0.15, 0.2) is 0 Å². The van der Waals surface area contributed by atoms with Crippen molar-refractivity contribution in [1.82, 2.24) is 0 Å². The maximum atomic E-state index is 2.76. The molecule has 5 heteroatoms. The molecule has 0 aromatic heterocycles. The van der Waals surface area contributed by atoms with E-state index in [1.54, 1.807) is 0 Å². The summed E-state index contributed by atoms with van der Waals surface area (Å²) >= 11 is 1.08. The Hall–Kier alpha value is -0.839. The molecular weight excluding hydrogens is 817 g/mol. The third-order valence-corrected chi connectivity index (χ3v) is 136. The van der Waals surface area contributed by atoms with Crippen molar-refractivity contribution < 1.29 is 31.0 Å². The van der Waals surface area contributed by atoms with Crippen molar-refractivity contribution >= 4 is 24.8 Å². The second-order valence-electron chi connectivity index (χ2n) is 24.9. The SMILES string of the molecule is Cl.Cl.c1ccc([C]23[CH]4[CH]5[C]6([Pd][C]78[CH]9[CH]%10[C]%11(c%12ccccc%12)[C]7(c7ccccc7)[Fe]9%108%117%12%13%14[CH]8[CH]7[CH]%12[CH]%13[CH]8%14)[C]2(c2ccccc2)[Fe]54632789[CH]3[CH]2[CH]7[CH]8[CH]39)cc1. The molecule has 20 aliphatic heterocycles. The van der Waals surface area contributed by atoms with Crippen molar-refractivity contribution in [3.8, 4) is 0 Å². The van der Waals surface area contributed by atoms with Gasteiger partial charge < -0.3 is 0 Å². The summed E-state index contributed by atoms with van der Waals surface area (Å²) in [6.07, 6.45) is 0. The summed E-state index contributed by atoms with van der Waals surface area (Å²) in [5.74, 6) is 0. The molecule has 0 N–H and O–H groups in total. The molecule has 24 rings (SSSR count). The summed E-state index contributed by atoms with van der Waals surface area (Å²) in [5, 5.41) is 0. The zero-order valence-electron chi connectivity index (χ0n) is 26.5. The Bertz CT molecular complexity index is 3270. The monoisotopic (exact) mass is 852 g/mol. The first-order valence-electron chi connectivity index (χ1n) is 19.0. The predicted octanol–water partition coefficient (Wildman–Crippen LogP) is 11.8. The van der Waals surface area contributed by atoms with Crippen LogP contribution in [0, 0.1) is 0 Å². The van der Waals surface area contributed by atoms with Crippen LogP contribution < -0.4 is 0 Å². The Morgan fingerprint density at radius 3 is 0.878 bits per heavy atom. The summed E-state index contributed by atoms with van der Waals surface area (Å²) < 4.78 is 4.57. The molecule has 10 unspecified atom stereocenters. The first-order valence-corrected chi connectivity index (χ1v) is 32.8. The number of fused-ring (bicyclic) bond motifs is 20. The molecular formula is C44H36Cl2Fe2Pd. The average Bonchev–Trinajstić information content (AvgIpc) is 3.99. The molecule has 0 saturated carbocycles. The molecule has 0 nitrogen and oxygen atoms in total. The molecule has 0 amide bonds. The number of hydrogen-bond acceptors (Lipinski definition) is 0. The molecule has 20 heterocycles. The van der Waals surface area contributed by atoms with Gasteiger partial charge in [-0.3, -0.25) is 0 Å². The van der Waals surface area contributed by atoms with Crippen molar-refractivity contribution in [2.45, 2.75) is 90.3 Å².